The van der Waals surface area contributed by atoms with Crippen LogP contribution in [0.1, 0.15) is 6.92 Å². The fraction of sp³-hybridized carbons (Fsp3) is 0.636. The maximum absolute atomic E-state index is 10.9. The van der Waals surface area contributed by atoms with E-state index < -0.39 is 24.5 Å². The highest BCUT2D eigenvalue weighted by Crippen LogP contribution is 2.24. The molecule has 1 amide bonds. The lowest BCUT2D eigenvalue weighted by Gasteiger charge is -2.29. The molecule has 2 heterocycles. The van der Waals surface area contributed by atoms with E-state index in [2.05, 4.69) is 10.3 Å². The van der Waals surface area contributed by atoms with Crippen LogP contribution in [0.15, 0.2) is 17.3 Å². The summed E-state index contributed by atoms with van der Waals surface area (Å²) in [5, 5.41) is 31.0. The summed E-state index contributed by atoms with van der Waals surface area (Å²) in [7, 11) is 0. The van der Waals surface area contributed by atoms with E-state index in [1.54, 1.807) is 17.2 Å². The zero-order valence-electron chi connectivity index (χ0n) is 10.4. The van der Waals surface area contributed by atoms with Gasteiger partial charge in [-0.25, -0.2) is 4.99 Å². The third-order valence-corrected chi connectivity index (χ3v) is 2.98. The zero-order chi connectivity index (χ0) is 14.0. The number of ether oxygens (including phenoxy) is 1. The van der Waals surface area contributed by atoms with Crippen molar-refractivity contribution in [1.29, 1.82) is 0 Å². The molecule has 1 saturated heterocycles. The maximum Gasteiger partial charge on any atom is 0.222 e. The van der Waals surface area contributed by atoms with Crippen molar-refractivity contribution in [3.63, 3.8) is 0 Å². The molecule has 0 aromatic rings. The highest BCUT2D eigenvalue weighted by molar-refractivity contribution is 6.03. The number of nitrogens with zero attached hydrogens (tertiary/aromatic N) is 2. The highest BCUT2D eigenvalue weighted by atomic mass is 16.6. The Labute approximate surface area is 110 Å². The van der Waals surface area contributed by atoms with Crippen LogP contribution in [0.3, 0.4) is 0 Å². The molecule has 8 heteroatoms. The van der Waals surface area contributed by atoms with Crippen molar-refractivity contribution in [3.8, 4) is 0 Å². The molecule has 0 bridgehead atoms. The Kier molecular flexibility index (Phi) is 4.15. The molecule has 4 atom stereocenters. The van der Waals surface area contributed by atoms with Gasteiger partial charge < -0.3 is 30.3 Å². The van der Waals surface area contributed by atoms with Crippen LogP contribution in [0.25, 0.3) is 0 Å². The van der Waals surface area contributed by atoms with Gasteiger partial charge in [-0.2, -0.15) is 0 Å². The minimum atomic E-state index is -1.14. The number of amides is 1. The molecule has 1 fully saturated rings. The lowest BCUT2D eigenvalue weighted by molar-refractivity contribution is -0.117. The molecule has 2 aliphatic heterocycles. The van der Waals surface area contributed by atoms with E-state index in [1.165, 1.54) is 6.92 Å². The first-order valence-corrected chi connectivity index (χ1v) is 5.91. The molecule has 0 aliphatic carbocycles. The van der Waals surface area contributed by atoms with Crippen molar-refractivity contribution in [1.82, 2.24) is 10.2 Å². The normalized spacial score (nSPS) is 34.3. The summed E-state index contributed by atoms with van der Waals surface area (Å²) in [5.41, 5.74) is 0. The van der Waals surface area contributed by atoms with Gasteiger partial charge in [0.05, 0.1) is 6.61 Å². The van der Waals surface area contributed by atoms with Crippen molar-refractivity contribution < 1.29 is 24.9 Å². The Balaban J connectivity index is 1.97. The number of rotatable bonds is 2. The summed E-state index contributed by atoms with van der Waals surface area (Å²) < 4.78 is 5.36. The summed E-state index contributed by atoms with van der Waals surface area (Å²) in [6.45, 7) is 1.19. The van der Waals surface area contributed by atoms with Crippen LogP contribution < -0.4 is 5.32 Å². The van der Waals surface area contributed by atoms with E-state index in [1.807, 2.05) is 0 Å². The molecular weight excluding hydrogens is 254 g/mol. The summed E-state index contributed by atoms with van der Waals surface area (Å²) in [5.74, 6) is 0.209. The van der Waals surface area contributed by atoms with Crippen LogP contribution in [0.4, 0.5) is 0 Å². The molecule has 0 saturated carbocycles. The largest absolute Gasteiger partial charge is 0.394 e. The Hall–Kier alpha value is -1.48. The van der Waals surface area contributed by atoms with Gasteiger partial charge in [0.2, 0.25) is 5.91 Å². The average molecular weight is 271 g/mol. The number of aliphatic imine (C=N–C) groups is 1. The first kappa shape index (κ1) is 13.9. The third kappa shape index (κ3) is 2.92. The number of carbonyl (C=O) groups is 1. The van der Waals surface area contributed by atoms with Gasteiger partial charge in [-0.15, -0.1) is 0 Å². The number of nitrogens with one attached hydrogen (secondary N) is 1. The van der Waals surface area contributed by atoms with Crippen molar-refractivity contribution >= 4 is 11.7 Å². The molecule has 0 aromatic carbocycles. The molecule has 0 radical (unpaired) electrons. The first-order chi connectivity index (χ1) is 9.02. The fourth-order valence-corrected chi connectivity index (χ4v) is 2.00. The van der Waals surface area contributed by atoms with Crippen LogP contribution in [-0.4, -0.2) is 69.8 Å². The minimum Gasteiger partial charge on any atom is -0.394 e. The Morgan fingerprint density at radius 2 is 2.32 bits per heavy atom. The topological polar surface area (TPSA) is 115 Å². The first-order valence-electron chi connectivity index (χ1n) is 5.91. The number of carbonyl (C=O) groups excluding carboxylic acids is 1. The molecular formula is C11H17N3O5. The monoisotopic (exact) mass is 271 g/mol. The van der Waals surface area contributed by atoms with E-state index in [0.717, 1.165) is 0 Å². The second-order valence-electron chi connectivity index (χ2n) is 4.42. The zero-order valence-corrected chi connectivity index (χ0v) is 10.4. The van der Waals surface area contributed by atoms with Crippen LogP contribution >= 0.6 is 0 Å². The summed E-state index contributed by atoms with van der Waals surface area (Å²) in [4.78, 5) is 16.5. The van der Waals surface area contributed by atoms with E-state index in [-0.39, 0.29) is 19.2 Å². The number of aliphatic hydroxyl groups excluding tert-OH is 3. The van der Waals surface area contributed by atoms with Crippen molar-refractivity contribution in [2.45, 2.75) is 31.5 Å². The number of amidine groups is 1. The summed E-state index contributed by atoms with van der Waals surface area (Å²) in [6.07, 6.45) is -0.665. The van der Waals surface area contributed by atoms with Gasteiger partial charge in [0, 0.05) is 13.1 Å². The van der Waals surface area contributed by atoms with E-state index in [9.17, 15) is 15.0 Å². The molecule has 106 valence electrons. The molecule has 2 rings (SSSR count). The van der Waals surface area contributed by atoms with Crippen molar-refractivity contribution in [2.75, 3.05) is 13.3 Å². The Morgan fingerprint density at radius 3 is 2.79 bits per heavy atom. The molecule has 1 unspecified atom stereocenters. The fourth-order valence-electron chi connectivity index (χ4n) is 2.00. The van der Waals surface area contributed by atoms with E-state index >= 15 is 0 Å². The van der Waals surface area contributed by atoms with Crippen LogP contribution in [-0.2, 0) is 9.53 Å². The number of hydrogen-bond donors (Lipinski definition) is 4. The van der Waals surface area contributed by atoms with Gasteiger partial charge in [0.25, 0.3) is 0 Å². The lowest BCUT2D eigenvalue weighted by atomic mass is 10.1. The van der Waals surface area contributed by atoms with Gasteiger partial charge in [-0.3, -0.25) is 4.79 Å². The van der Waals surface area contributed by atoms with Gasteiger partial charge in [0.15, 0.2) is 6.23 Å². The van der Waals surface area contributed by atoms with Gasteiger partial charge in [-0.05, 0) is 6.08 Å². The standard InChI is InChI=1S/C11H17N3O5/c1-6(16)13-8-2-3-14(5-12-8)11-10(18)9(17)7(4-15)19-11/h2-3,7,9-11,15,17-18H,4-5H2,1H3,(H,12,13,16)/t7-,9-,10-,11?/m1/s1. The van der Waals surface area contributed by atoms with Crippen LogP contribution in [0.2, 0.25) is 0 Å². The summed E-state index contributed by atoms with van der Waals surface area (Å²) >= 11 is 0. The van der Waals surface area contributed by atoms with E-state index in [0.29, 0.717) is 5.84 Å². The minimum absolute atomic E-state index is 0.179. The van der Waals surface area contributed by atoms with Crippen molar-refractivity contribution in [3.05, 3.63) is 12.3 Å². The van der Waals surface area contributed by atoms with Crippen LogP contribution in [0, 0.1) is 0 Å². The number of hydrogen-bond acceptors (Lipinski definition) is 7. The van der Waals surface area contributed by atoms with Gasteiger partial charge in [-0.1, -0.05) is 0 Å². The van der Waals surface area contributed by atoms with E-state index in [4.69, 9.17) is 9.84 Å². The quantitative estimate of drug-likeness (QED) is 0.451. The van der Waals surface area contributed by atoms with Gasteiger partial charge >= 0.3 is 0 Å². The number of aliphatic hydroxyl groups is 3. The predicted octanol–water partition coefficient (Wildman–Crippen LogP) is -2.25. The maximum atomic E-state index is 10.9. The Morgan fingerprint density at radius 1 is 1.58 bits per heavy atom. The molecule has 0 aromatic heterocycles. The molecule has 8 nitrogen and oxygen atoms in total. The molecule has 0 spiro atoms. The highest BCUT2D eigenvalue weighted by Gasteiger charge is 2.44. The molecule has 19 heavy (non-hydrogen) atoms. The smallest absolute Gasteiger partial charge is 0.222 e. The van der Waals surface area contributed by atoms with Crippen LogP contribution in [0.5, 0.6) is 0 Å². The lowest BCUT2D eigenvalue weighted by Crippen LogP contribution is -2.43. The Bertz CT molecular complexity index is 411. The summed E-state index contributed by atoms with van der Waals surface area (Å²) in [6, 6.07) is 0. The molecule has 4 N–H and O–H groups in total. The predicted molar refractivity (Wildman–Crippen MR) is 64.9 cm³/mol. The second kappa shape index (κ2) is 5.66. The van der Waals surface area contributed by atoms with Gasteiger partial charge in [0.1, 0.15) is 30.8 Å². The average Bonchev–Trinajstić information content (AvgIpc) is 2.66. The second-order valence-corrected chi connectivity index (χ2v) is 4.42. The third-order valence-electron chi connectivity index (χ3n) is 2.98. The SMILES string of the molecule is CC(=O)NC1=NCN(C2O[C@H](CO)[C@@H](O)[C@H]2O)C=C1. The molecule has 2 aliphatic rings. The van der Waals surface area contributed by atoms with Crippen molar-refractivity contribution in [2.24, 2.45) is 4.99 Å².